The molecule has 1 N–H and O–H groups in total. The Labute approximate surface area is 164 Å². The Balaban J connectivity index is 1.39. The maximum atomic E-state index is 12.5. The highest BCUT2D eigenvalue weighted by Crippen LogP contribution is 2.22. The minimum Gasteiger partial charge on any atom is -0.408 e. The maximum Gasteiger partial charge on any atom is 0.420 e. The number of carbonyl (C=O) groups excluding carboxylic acids is 1. The van der Waals surface area contributed by atoms with Crippen LogP contribution in [0.4, 0.5) is 5.69 Å². The molecular formula is C21H15N5O3. The number of amides is 1. The monoisotopic (exact) mass is 385 g/mol. The van der Waals surface area contributed by atoms with Gasteiger partial charge in [-0.2, -0.15) is 0 Å². The lowest BCUT2D eigenvalue weighted by Crippen LogP contribution is -2.24. The number of fused-ring (bicyclic) bond motifs is 2. The van der Waals surface area contributed by atoms with Crippen molar-refractivity contribution in [2.45, 2.75) is 6.54 Å². The van der Waals surface area contributed by atoms with Gasteiger partial charge in [0.15, 0.2) is 5.58 Å². The average Bonchev–Trinajstić information content (AvgIpc) is 3.29. The van der Waals surface area contributed by atoms with Crippen molar-refractivity contribution in [1.29, 1.82) is 0 Å². The summed E-state index contributed by atoms with van der Waals surface area (Å²) >= 11 is 0. The zero-order chi connectivity index (χ0) is 19.8. The molecule has 1 amide bonds. The van der Waals surface area contributed by atoms with E-state index in [1.54, 1.807) is 36.5 Å². The molecule has 8 nitrogen and oxygen atoms in total. The van der Waals surface area contributed by atoms with Crippen LogP contribution in [0.3, 0.4) is 0 Å². The fourth-order valence-corrected chi connectivity index (χ4v) is 3.23. The molecular weight excluding hydrogens is 370 g/mol. The predicted octanol–water partition coefficient (Wildman–Crippen LogP) is 2.94. The molecule has 142 valence electrons. The Morgan fingerprint density at radius 3 is 2.90 bits per heavy atom. The molecule has 0 saturated heterocycles. The number of nitrogens with one attached hydrogen (secondary N) is 1. The summed E-state index contributed by atoms with van der Waals surface area (Å²) in [6, 6.07) is 16.2. The fraction of sp³-hybridized carbons (Fsp3) is 0.0476. The molecule has 3 heterocycles. The second kappa shape index (κ2) is 6.75. The van der Waals surface area contributed by atoms with E-state index in [-0.39, 0.29) is 12.5 Å². The van der Waals surface area contributed by atoms with E-state index in [1.807, 2.05) is 41.1 Å². The third-order valence-corrected chi connectivity index (χ3v) is 4.55. The van der Waals surface area contributed by atoms with Crippen LogP contribution in [-0.2, 0) is 11.3 Å². The third-order valence-electron chi connectivity index (χ3n) is 4.55. The smallest absolute Gasteiger partial charge is 0.408 e. The number of benzene rings is 2. The molecule has 0 aliphatic carbocycles. The van der Waals surface area contributed by atoms with Gasteiger partial charge in [0.25, 0.3) is 0 Å². The maximum absolute atomic E-state index is 12.5. The molecule has 2 aromatic carbocycles. The number of imidazole rings is 1. The number of rotatable bonds is 4. The molecule has 0 aliphatic heterocycles. The molecule has 0 saturated carbocycles. The van der Waals surface area contributed by atoms with E-state index >= 15 is 0 Å². The molecule has 0 fully saturated rings. The lowest BCUT2D eigenvalue weighted by molar-refractivity contribution is -0.116. The molecule has 0 bridgehead atoms. The Morgan fingerprint density at radius 1 is 1.10 bits per heavy atom. The van der Waals surface area contributed by atoms with Crippen molar-refractivity contribution in [3.05, 3.63) is 83.7 Å². The van der Waals surface area contributed by atoms with Crippen molar-refractivity contribution >= 4 is 28.5 Å². The molecule has 0 radical (unpaired) electrons. The van der Waals surface area contributed by atoms with Crippen LogP contribution >= 0.6 is 0 Å². The Hall–Kier alpha value is -4.20. The molecule has 5 rings (SSSR count). The summed E-state index contributed by atoms with van der Waals surface area (Å²) in [7, 11) is 0. The summed E-state index contributed by atoms with van der Waals surface area (Å²) in [6.45, 7) is -0.141. The Bertz CT molecular complexity index is 1380. The van der Waals surface area contributed by atoms with Crippen LogP contribution in [0.5, 0.6) is 0 Å². The first kappa shape index (κ1) is 16.9. The summed E-state index contributed by atoms with van der Waals surface area (Å²) in [4.78, 5) is 33.3. The Kier molecular flexibility index (Phi) is 3.94. The van der Waals surface area contributed by atoms with Gasteiger partial charge in [-0.1, -0.05) is 24.3 Å². The molecule has 0 atom stereocenters. The molecule has 0 aliphatic rings. The van der Waals surface area contributed by atoms with E-state index in [1.165, 1.54) is 4.57 Å². The van der Waals surface area contributed by atoms with Crippen molar-refractivity contribution < 1.29 is 9.21 Å². The van der Waals surface area contributed by atoms with E-state index in [4.69, 9.17) is 4.42 Å². The third kappa shape index (κ3) is 3.16. The first-order valence-corrected chi connectivity index (χ1v) is 8.96. The second-order valence-electron chi connectivity index (χ2n) is 6.50. The number of carbonyl (C=O) groups is 1. The number of nitrogens with zero attached hydrogens (tertiary/aromatic N) is 4. The van der Waals surface area contributed by atoms with Gasteiger partial charge in [0.2, 0.25) is 11.7 Å². The molecule has 3 aromatic heterocycles. The van der Waals surface area contributed by atoms with Crippen LogP contribution in [-0.4, -0.2) is 24.8 Å². The van der Waals surface area contributed by atoms with Gasteiger partial charge >= 0.3 is 5.76 Å². The van der Waals surface area contributed by atoms with Gasteiger partial charge in [0.1, 0.15) is 6.54 Å². The largest absolute Gasteiger partial charge is 0.420 e. The van der Waals surface area contributed by atoms with Gasteiger partial charge in [-0.25, -0.2) is 14.8 Å². The lowest BCUT2D eigenvalue weighted by atomic mass is 10.1. The van der Waals surface area contributed by atoms with Crippen molar-refractivity contribution in [2.24, 2.45) is 0 Å². The Morgan fingerprint density at radius 2 is 2.00 bits per heavy atom. The van der Waals surface area contributed by atoms with Gasteiger partial charge in [0.05, 0.1) is 11.2 Å². The van der Waals surface area contributed by atoms with E-state index < -0.39 is 5.76 Å². The highest BCUT2D eigenvalue weighted by Gasteiger charge is 2.13. The highest BCUT2D eigenvalue weighted by molar-refractivity contribution is 5.92. The highest BCUT2D eigenvalue weighted by atomic mass is 16.4. The summed E-state index contributed by atoms with van der Waals surface area (Å²) in [5.41, 5.74) is 3.24. The first-order valence-electron chi connectivity index (χ1n) is 8.96. The second-order valence-corrected chi connectivity index (χ2v) is 6.50. The van der Waals surface area contributed by atoms with Gasteiger partial charge in [-0.15, -0.1) is 0 Å². The van der Waals surface area contributed by atoms with E-state index in [0.717, 1.165) is 11.3 Å². The summed E-state index contributed by atoms with van der Waals surface area (Å²) in [5, 5.41) is 2.83. The molecule has 8 heteroatoms. The number of aromatic nitrogens is 4. The van der Waals surface area contributed by atoms with E-state index in [2.05, 4.69) is 15.3 Å². The number of hydrogen-bond donors (Lipinski definition) is 1. The van der Waals surface area contributed by atoms with Crippen molar-refractivity contribution in [1.82, 2.24) is 18.9 Å². The van der Waals surface area contributed by atoms with E-state index in [9.17, 15) is 9.59 Å². The average molecular weight is 385 g/mol. The molecule has 29 heavy (non-hydrogen) atoms. The van der Waals surface area contributed by atoms with Crippen LogP contribution in [0.15, 0.2) is 82.4 Å². The van der Waals surface area contributed by atoms with Crippen LogP contribution in [0, 0.1) is 0 Å². The van der Waals surface area contributed by atoms with Gasteiger partial charge in [-0.3, -0.25) is 13.8 Å². The first-order chi connectivity index (χ1) is 14.2. The topological polar surface area (TPSA) is 94.4 Å². The summed E-state index contributed by atoms with van der Waals surface area (Å²) < 4.78 is 8.31. The number of para-hydroxylation sites is 2. The van der Waals surface area contributed by atoms with Crippen molar-refractivity contribution in [3.63, 3.8) is 0 Å². The van der Waals surface area contributed by atoms with Crippen molar-refractivity contribution in [3.8, 4) is 11.3 Å². The number of anilines is 1. The minimum atomic E-state index is -0.563. The molecule has 5 aromatic rings. The normalized spacial score (nSPS) is 11.2. The quantitative estimate of drug-likeness (QED) is 0.513. The SMILES string of the molecule is O=C(Cn1c(=O)oc2ccccc21)Nc1cccc(-c2cn3cccnc3n2)c1. The predicted molar refractivity (Wildman–Crippen MR) is 108 cm³/mol. The number of hydrogen-bond acceptors (Lipinski definition) is 5. The van der Waals surface area contributed by atoms with Gasteiger partial charge in [-0.05, 0) is 30.3 Å². The fourth-order valence-electron chi connectivity index (χ4n) is 3.23. The minimum absolute atomic E-state index is 0.141. The van der Waals surface area contributed by atoms with Gasteiger partial charge in [0, 0.05) is 29.8 Å². The van der Waals surface area contributed by atoms with Crippen LogP contribution in [0.25, 0.3) is 28.1 Å². The molecule has 0 spiro atoms. The van der Waals surface area contributed by atoms with E-state index in [0.29, 0.717) is 22.6 Å². The van der Waals surface area contributed by atoms with Crippen molar-refractivity contribution in [2.75, 3.05) is 5.32 Å². The standard InChI is InChI=1S/C21H15N5O3/c27-19(13-26-17-7-1-2-8-18(17)29-21(26)28)23-15-6-3-5-14(11-15)16-12-25-10-4-9-22-20(25)24-16/h1-12H,13H2,(H,23,27). The van der Waals surface area contributed by atoms with Crippen LogP contribution in [0.2, 0.25) is 0 Å². The lowest BCUT2D eigenvalue weighted by Gasteiger charge is -2.07. The molecule has 0 unspecified atom stereocenters. The zero-order valence-electron chi connectivity index (χ0n) is 15.1. The zero-order valence-corrected chi connectivity index (χ0v) is 15.1. The van der Waals surface area contributed by atoms with Crippen LogP contribution < -0.4 is 11.1 Å². The number of oxazole rings is 1. The van der Waals surface area contributed by atoms with Crippen LogP contribution in [0.1, 0.15) is 0 Å². The summed E-state index contributed by atoms with van der Waals surface area (Å²) in [5.74, 6) is -0.289. The summed E-state index contributed by atoms with van der Waals surface area (Å²) in [6.07, 6.45) is 5.43. The van der Waals surface area contributed by atoms with Gasteiger partial charge < -0.3 is 9.73 Å².